The van der Waals surface area contributed by atoms with Crippen molar-refractivity contribution in [3.8, 4) is 22.3 Å². The van der Waals surface area contributed by atoms with Gasteiger partial charge in [-0.3, -0.25) is 0 Å². The number of anilines is 2. The first kappa shape index (κ1) is 35.5. The maximum Gasteiger partial charge on any atom is 0.0714 e. The number of hydrogen-bond acceptors (Lipinski definition) is 1. The van der Waals surface area contributed by atoms with Gasteiger partial charge in [0, 0.05) is 23.0 Å². The summed E-state index contributed by atoms with van der Waals surface area (Å²) >= 11 is 0. The SMILES string of the molecule is C/C=c1/cc(C2CC=CC=C2N(c2cccc(-c3ccccc3)c2)c2ccc3c(c2)C(c2ccccc2)(c2ccccc2)c2ccccc2-3)cc/c1=C1\C=CC=CC1. The summed E-state index contributed by atoms with van der Waals surface area (Å²) in [6.07, 6.45) is 19.9. The monoisotopic (exact) mass is 743 g/mol. The number of hydrogen-bond donors (Lipinski definition) is 0. The molecule has 7 aromatic rings. The fraction of sp³-hybridized carbons (Fsp3) is 0.0877. The Bertz CT molecular complexity index is 2850. The van der Waals surface area contributed by atoms with Crippen molar-refractivity contribution in [1.82, 2.24) is 0 Å². The van der Waals surface area contributed by atoms with Crippen LogP contribution in [-0.4, -0.2) is 0 Å². The number of fused-ring (bicyclic) bond motifs is 3. The molecule has 0 spiro atoms. The summed E-state index contributed by atoms with van der Waals surface area (Å²) in [6.45, 7) is 2.17. The van der Waals surface area contributed by atoms with Crippen LogP contribution < -0.4 is 15.3 Å². The van der Waals surface area contributed by atoms with E-state index in [4.69, 9.17) is 0 Å². The Balaban J connectivity index is 1.21. The van der Waals surface area contributed by atoms with E-state index in [9.17, 15) is 0 Å². The molecule has 1 atom stereocenters. The van der Waals surface area contributed by atoms with E-state index in [1.807, 2.05) is 0 Å². The Morgan fingerprint density at radius 3 is 1.98 bits per heavy atom. The second-order valence-electron chi connectivity index (χ2n) is 15.5. The molecule has 1 heteroatoms. The zero-order valence-corrected chi connectivity index (χ0v) is 32.8. The van der Waals surface area contributed by atoms with E-state index in [0.29, 0.717) is 0 Å². The minimum absolute atomic E-state index is 0.142. The predicted molar refractivity (Wildman–Crippen MR) is 244 cm³/mol. The van der Waals surface area contributed by atoms with E-state index in [-0.39, 0.29) is 5.92 Å². The fourth-order valence-corrected chi connectivity index (χ4v) is 9.67. The summed E-state index contributed by atoms with van der Waals surface area (Å²) in [6, 6.07) is 65.4. The molecule has 0 N–H and O–H groups in total. The summed E-state index contributed by atoms with van der Waals surface area (Å²) in [4.78, 5) is 2.54. The minimum Gasteiger partial charge on any atom is -0.314 e. The molecule has 0 saturated heterocycles. The highest BCUT2D eigenvalue weighted by molar-refractivity contribution is 5.89. The molecule has 278 valence electrons. The highest BCUT2D eigenvalue weighted by Gasteiger charge is 2.46. The van der Waals surface area contributed by atoms with E-state index in [1.165, 1.54) is 71.8 Å². The van der Waals surface area contributed by atoms with Gasteiger partial charge in [0.1, 0.15) is 0 Å². The van der Waals surface area contributed by atoms with E-state index in [2.05, 4.69) is 236 Å². The van der Waals surface area contributed by atoms with Crippen molar-refractivity contribution in [3.05, 3.63) is 262 Å². The molecule has 58 heavy (non-hydrogen) atoms. The maximum atomic E-state index is 2.54. The van der Waals surface area contributed by atoms with Gasteiger partial charge in [-0.2, -0.15) is 0 Å². The molecule has 0 aliphatic heterocycles. The van der Waals surface area contributed by atoms with Crippen LogP contribution in [0.4, 0.5) is 11.4 Å². The number of nitrogens with zero attached hydrogens (tertiary/aromatic N) is 1. The van der Waals surface area contributed by atoms with Gasteiger partial charge in [-0.25, -0.2) is 0 Å². The second kappa shape index (κ2) is 15.2. The smallest absolute Gasteiger partial charge is 0.0714 e. The number of allylic oxidation sites excluding steroid dienone is 8. The normalized spacial score (nSPS) is 17.4. The first-order chi connectivity index (χ1) is 28.7. The third kappa shape index (κ3) is 6.03. The van der Waals surface area contributed by atoms with Gasteiger partial charge < -0.3 is 4.90 Å². The third-order valence-corrected chi connectivity index (χ3v) is 12.3. The van der Waals surface area contributed by atoms with Crippen LogP contribution in [0.2, 0.25) is 0 Å². The Hall–Kier alpha value is -6.96. The molecule has 0 fully saturated rings. The molecular weight excluding hydrogens is 699 g/mol. The molecule has 0 bridgehead atoms. The molecule has 1 nitrogen and oxygen atoms in total. The highest BCUT2D eigenvalue weighted by atomic mass is 15.2. The van der Waals surface area contributed by atoms with Crippen LogP contribution in [-0.2, 0) is 5.41 Å². The van der Waals surface area contributed by atoms with Crippen molar-refractivity contribution in [3.63, 3.8) is 0 Å². The first-order valence-corrected chi connectivity index (χ1v) is 20.5. The average Bonchev–Trinajstić information content (AvgIpc) is 3.61. The summed E-state index contributed by atoms with van der Waals surface area (Å²) in [5.41, 5.74) is 15.9. The highest BCUT2D eigenvalue weighted by Crippen LogP contribution is 2.57. The fourth-order valence-electron chi connectivity index (χ4n) is 9.67. The van der Waals surface area contributed by atoms with Gasteiger partial charge in [0.05, 0.1) is 5.41 Å². The summed E-state index contributed by atoms with van der Waals surface area (Å²) in [5, 5.41) is 2.59. The molecule has 0 aromatic heterocycles. The quantitative estimate of drug-likeness (QED) is 0.157. The van der Waals surface area contributed by atoms with Crippen LogP contribution >= 0.6 is 0 Å². The molecule has 1 unspecified atom stereocenters. The summed E-state index contributed by atoms with van der Waals surface area (Å²) < 4.78 is 0. The largest absolute Gasteiger partial charge is 0.314 e. The molecule has 0 saturated carbocycles. The van der Waals surface area contributed by atoms with E-state index < -0.39 is 5.41 Å². The van der Waals surface area contributed by atoms with Gasteiger partial charge in [0.2, 0.25) is 0 Å². The summed E-state index contributed by atoms with van der Waals surface area (Å²) in [5.74, 6) is 0.142. The predicted octanol–water partition coefficient (Wildman–Crippen LogP) is 12.9. The van der Waals surface area contributed by atoms with Crippen LogP contribution in [0.25, 0.3) is 33.9 Å². The first-order valence-electron chi connectivity index (χ1n) is 20.5. The number of rotatable bonds is 7. The van der Waals surface area contributed by atoms with Crippen molar-refractivity contribution in [1.29, 1.82) is 0 Å². The zero-order chi connectivity index (χ0) is 38.9. The maximum absolute atomic E-state index is 2.54. The van der Waals surface area contributed by atoms with Gasteiger partial charge in [0.15, 0.2) is 0 Å². The van der Waals surface area contributed by atoms with Gasteiger partial charge in [0.25, 0.3) is 0 Å². The van der Waals surface area contributed by atoms with Crippen molar-refractivity contribution >= 4 is 23.0 Å². The Kier molecular flexibility index (Phi) is 9.28. The number of benzene rings is 7. The van der Waals surface area contributed by atoms with Crippen LogP contribution in [0.5, 0.6) is 0 Å². The van der Waals surface area contributed by atoms with E-state index >= 15 is 0 Å². The third-order valence-electron chi connectivity index (χ3n) is 12.3. The van der Waals surface area contributed by atoms with Gasteiger partial charge in [-0.15, -0.1) is 0 Å². The molecular formula is C57H45N. The lowest BCUT2D eigenvalue weighted by atomic mass is 9.67. The Labute approximate surface area is 342 Å². The van der Waals surface area contributed by atoms with Gasteiger partial charge in [-0.05, 0) is 116 Å². The van der Waals surface area contributed by atoms with Crippen molar-refractivity contribution in [2.75, 3.05) is 4.90 Å². The second-order valence-corrected chi connectivity index (χ2v) is 15.5. The van der Waals surface area contributed by atoms with E-state index in [1.54, 1.807) is 0 Å². The standard InChI is InChI=1S/C57H45N/c1-2-41-38-45(34-36-50(41)43-22-9-4-10-23-43)51-30-16-18-33-56(51)58(48-29-19-24-44(39-48)42-20-7-3-8-21-42)49-35-37-53-52-31-15-17-32-54(52)57(55(53)40-49,46-25-11-5-12-26-46)47-27-13-6-14-28-47/h2-22,24-29,31-40,51H,23,30H2,1H3/b41-2-,50-43-. The molecule has 0 amide bonds. The molecule has 0 radical (unpaired) electrons. The molecule has 7 aromatic carbocycles. The lowest BCUT2D eigenvalue weighted by Crippen LogP contribution is -2.30. The van der Waals surface area contributed by atoms with Crippen molar-refractivity contribution in [2.24, 2.45) is 0 Å². The topological polar surface area (TPSA) is 3.24 Å². The lowest BCUT2D eigenvalue weighted by Gasteiger charge is -2.37. The molecule has 10 rings (SSSR count). The van der Waals surface area contributed by atoms with Gasteiger partial charge >= 0.3 is 0 Å². The Morgan fingerprint density at radius 1 is 0.552 bits per heavy atom. The average molecular weight is 744 g/mol. The zero-order valence-electron chi connectivity index (χ0n) is 32.8. The Morgan fingerprint density at radius 2 is 1.24 bits per heavy atom. The molecule has 3 aliphatic carbocycles. The van der Waals surface area contributed by atoms with Crippen LogP contribution in [0.15, 0.2) is 224 Å². The van der Waals surface area contributed by atoms with Crippen LogP contribution in [0, 0.1) is 0 Å². The minimum atomic E-state index is -0.496. The van der Waals surface area contributed by atoms with Crippen molar-refractivity contribution in [2.45, 2.75) is 31.1 Å². The van der Waals surface area contributed by atoms with Gasteiger partial charge in [-0.1, -0.05) is 194 Å². The van der Waals surface area contributed by atoms with Crippen molar-refractivity contribution < 1.29 is 0 Å². The lowest BCUT2D eigenvalue weighted by molar-refractivity contribution is 0.762. The van der Waals surface area contributed by atoms with Crippen LogP contribution in [0.3, 0.4) is 0 Å². The summed E-state index contributed by atoms with van der Waals surface area (Å²) in [7, 11) is 0. The molecule has 3 aliphatic rings. The molecule has 0 heterocycles. The van der Waals surface area contributed by atoms with E-state index in [0.717, 1.165) is 24.2 Å². The van der Waals surface area contributed by atoms with Crippen LogP contribution in [0.1, 0.15) is 53.5 Å².